The Morgan fingerprint density at radius 1 is 0.630 bits per heavy atom. The van der Waals surface area contributed by atoms with E-state index >= 15 is 0 Å². The molecule has 384 valence electrons. The first-order valence-electron chi connectivity index (χ1n) is 20.6. The number of hydrogen-bond acceptors (Lipinski definition) is 20. The lowest BCUT2D eigenvalue weighted by atomic mass is 10.1. The van der Waals surface area contributed by atoms with E-state index in [0.717, 1.165) is 18.7 Å². The number of halogens is 5. The molecule has 2 aromatic carbocycles. The van der Waals surface area contributed by atoms with Crippen molar-refractivity contribution in [3.05, 3.63) is 141 Å². The average molecular weight is 1110 g/mol. The van der Waals surface area contributed by atoms with Crippen molar-refractivity contribution in [2.45, 2.75) is 66.8 Å². The first-order chi connectivity index (χ1) is 34.5. The number of nitrogens with zero attached hydrogens (tertiary/aromatic N) is 10. The lowest BCUT2D eigenvalue weighted by Gasteiger charge is -2.15. The zero-order chi connectivity index (χ0) is 54.4. The van der Waals surface area contributed by atoms with Crippen LogP contribution in [0.1, 0.15) is 75.9 Å². The van der Waals surface area contributed by atoms with Crippen molar-refractivity contribution in [3.63, 3.8) is 0 Å². The van der Waals surface area contributed by atoms with Crippen molar-refractivity contribution >= 4 is 69.6 Å². The highest BCUT2D eigenvalue weighted by atomic mass is 35.5. The summed E-state index contributed by atoms with van der Waals surface area (Å²) in [6, 6.07) is 11.0. The molecule has 6 rings (SSSR count). The third kappa shape index (κ3) is 14.9. The molecule has 0 saturated carbocycles. The molecule has 0 saturated heterocycles. The normalized spacial score (nSPS) is 10.5. The standard InChI is InChI=1S/C21H18Cl2N6O7.C18H14Cl2N6O5.C3H5ClO2/c1-4-34-21(33)35-9-28-19(31)12(10(2)3)7-16(27-28)36-17-13(22)5-11(6-14(17)23)29-20(32)25-18(30)15(8-24)26-29;1-8(2)10-5-14(24-25(7-27)17(10)29)31-15-11(19)3-9(4-12(15)20)26-18(30)22-16(28)13(6-21)23-26;1-2-6-3(4)5/h5-7,10H,4,9H2,1-3H3,(H,25,30,32);3-5,8,27H,7H2,1-2H3,(H,22,28,30);2H2,1H3. The topological polar surface area (TPSA) is 353 Å². The second-order valence-corrected chi connectivity index (χ2v) is 16.4. The van der Waals surface area contributed by atoms with Crippen LogP contribution in [0.15, 0.2) is 65.2 Å². The molecule has 3 N–H and O–H groups in total. The number of benzene rings is 2. The van der Waals surface area contributed by atoms with E-state index in [4.69, 9.17) is 82.7 Å². The Morgan fingerprint density at radius 2 is 1.01 bits per heavy atom. The molecule has 73 heavy (non-hydrogen) atoms. The lowest BCUT2D eigenvalue weighted by Crippen LogP contribution is -2.33. The lowest BCUT2D eigenvalue weighted by molar-refractivity contribution is 0.0315. The van der Waals surface area contributed by atoms with Crippen molar-refractivity contribution in [2.24, 2.45) is 0 Å². The van der Waals surface area contributed by atoms with Gasteiger partial charge in [0.15, 0.2) is 18.2 Å². The van der Waals surface area contributed by atoms with E-state index in [2.05, 4.69) is 29.9 Å². The molecule has 6 aromatic rings. The van der Waals surface area contributed by atoms with E-state index in [1.807, 2.05) is 9.97 Å². The molecule has 0 aliphatic rings. The van der Waals surface area contributed by atoms with Crippen LogP contribution in [0.3, 0.4) is 0 Å². The molecule has 0 bridgehead atoms. The molecule has 26 nitrogen and oxygen atoms in total. The summed E-state index contributed by atoms with van der Waals surface area (Å²) in [7, 11) is 0. The molecule has 0 amide bonds. The molecular weight excluding hydrogens is 1070 g/mol. The smallest absolute Gasteiger partial charge is 0.454 e. The minimum absolute atomic E-state index is 0.0320. The number of hydrogen-bond donors (Lipinski definition) is 3. The fourth-order valence-corrected chi connectivity index (χ4v) is 6.82. The van der Waals surface area contributed by atoms with Crippen molar-refractivity contribution in [1.82, 2.24) is 49.1 Å². The van der Waals surface area contributed by atoms with Crippen molar-refractivity contribution in [1.29, 1.82) is 10.5 Å². The predicted molar refractivity (Wildman–Crippen MR) is 259 cm³/mol. The van der Waals surface area contributed by atoms with E-state index < -0.39 is 70.0 Å². The van der Waals surface area contributed by atoms with E-state index in [9.17, 15) is 43.5 Å². The zero-order valence-corrected chi connectivity index (χ0v) is 42.3. The van der Waals surface area contributed by atoms with E-state index in [1.165, 1.54) is 36.4 Å². The van der Waals surface area contributed by atoms with Gasteiger partial charge in [-0.25, -0.2) is 23.9 Å². The Balaban J connectivity index is 0.000000287. The fraction of sp³-hybridized carbons (Fsp3) is 0.286. The summed E-state index contributed by atoms with van der Waals surface area (Å²) in [6.45, 7) is 9.68. The van der Waals surface area contributed by atoms with Crippen LogP contribution >= 0.6 is 58.0 Å². The Labute approximate surface area is 433 Å². The Kier molecular flexibility index (Phi) is 20.6. The van der Waals surface area contributed by atoms with Crippen LogP contribution in [-0.4, -0.2) is 79.0 Å². The van der Waals surface area contributed by atoms with Gasteiger partial charge in [-0.15, -0.1) is 20.4 Å². The predicted octanol–water partition coefficient (Wildman–Crippen LogP) is 5.61. The molecule has 0 spiro atoms. The first-order valence-corrected chi connectivity index (χ1v) is 22.5. The SMILES string of the molecule is CC(C)c1cc(Oc2c(Cl)cc(-n3nc(C#N)c(=O)[nH]c3=O)cc2Cl)nn(CO)c1=O.CCOC(=O)Cl.CCOC(=O)OCn1nc(Oc2c(Cl)cc(-n3nc(C#N)c(=O)[nH]c3=O)cc2Cl)cc(C(C)C)c1=O. The van der Waals surface area contributed by atoms with Gasteiger partial charge in [-0.1, -0.05) is 74.1 Å². The molecule has 0 aliphatic carbocycles. The third-order valence-electron chi connectivity index (χ3n) is 8.90. The quantitative estimate of drug-likeness (QED) is 0.0934. The van der Waals surface area contributed by atoms with Gasteiger partial charge in [0.2, 0.25) is 23.1 Å². The Morgan fingerprint density at radius 3 is 1.34 bits per heavy atom. The maximum absolute atomic E-state index is 12.7. The zero-order valence-electron chi connectivity index (χ0n) is 38.6. The monoisotopic (exact) mass is 1110 g/mol. The van der Waals surface area contributed by atoms with Crippen LogP contribution in [0.4, 0.5) is 9.59 Å². The number of nitrogens with one attached hydrogen (secondary N) is 2. The average Bonchev–Trinajstić information content (AvgIpc) is 3.32. The van der Waals surface area contributed by atoms with Crippen molar-refractivity contribution < 1.29 is 38.4 Å². The number of rotatable bonds is 13. The molecule has 0 aliphatic heterocycles. The number of carbonyl (C=O) groups excluding carboxylic acids is 2. The van der Waals surface area contributed by atoms with Gasteiger partial charge in [-0.05, 0) is 49.9 Å². The number of nitriles is 2. The van der Waals surface area contributed by atoms with E-state index in [0.29, 0.717) is 17.7 Å². The summed E-state index contributed by atoms with van der Waals surface area (Å²) < 4.78 is 28.3. The second kappa shape index (κ2) is 26.0. The van der Waals surface area contributed by atoms with E-state index in [1.54, 1.807) is 53.7 Å². The summed E-state index contributed by atoms with van der Waals surface area (Å²) in [5.74, 6) is -0.642. The van der Waals surface area contributed by atoms with Gasteiger partial charge in [0, 0.05) is 34.9 Å². The fourth-order valence-electron chi connectivity index (χ4n) is 5.61. The number of aromatic nitrogens is 10. The van der Waals surface area contributed by atoms with Crippen LogP contribution < -0.4 is 43.1 Å². The van der Waals surface area contributed by atoms with Gasteiger partial charge in [0.05, 0.1) is 44.7 Å². The van der Waals surface area contributed by atoms with Gasteiger partial charge in [-0.3, -0.25) is 29.1 Å². The summed E-state index contributed by atoms with van der Waals surface area (Å²) in [6.07, 6.45) is -0.976. The van der Waals surface area contributed by atoms with Gasteiger partial charge < -0.3 is 28.8 Å². The van der Waals surface area contributed by atoms with Gasteiger partial charge in [0.1, 0.15) is 18.9 Å². The summed E-state index contributed by atoms with van der Waals surface area (Å²) in [4.78, 5) is 97.3. The minimum Gasteiger partial charge on any atom is -0.454 e. The molecule has 0 radical (unpaired) electrons. The van der Waals surface area contributed by atoms with E-state index in [-0.39, 0.29) is 73.2 Å². The van der Waals surface area contributed by atoms with Crippen molar-refractivity contribution in [2.75, 3.05) is 13.2 Å². The number of ether oxygens (including phenoxy) is 5. The third-order valence-corrected chi connectivity index (χ3v) is 10.1. The molecule has 4 aromatic heterocycles. The van der Waals surface area contributed by atoms with Gasteiger partial charge >= 0.3 is 23.0 Å². The van der Waals surface area contributed by atoms with Gasteiger partial charge in [0.25, 0.3) is 22.2 Å². The number of H-pyrrole nitrogens is 2. The van der Waals surface area contributed by atoms with Crippen LogP contribution in [-0.2, 0) is 27.7 Å². The summed E-state index contributed by atoms with van der Waals surface area (Å²) >= 11 is 29.9. The van der Waals surface area contributed by atoms with Gasteiger partial charge in [-0.2, -0.15) is 24.6 Å². The second-order valence-electron chi connectivity index (χ2n) is 14.5. The summed E-state index contributed by atoms with van der Waals surface area (Å²) in [5.41, 5.74) is -5.69. The minimum atomic E-state index is -0.976. The molecule has 4 heterocycles. The molecule has 31 heteroatoms. The van der Waals surface area contributed by atoms with Crippen LogP contribution in [0.25, 0.3) is 11.4 Å². The van der Waals surface area contributed by atoms with Crippen LogP contribution in [0.2, 0.25) is 20.1 Å². The number of carbonyl (C=O) groups is 2. The number of aliphatic hydroxyl groups excluding tert-OH is 1. The molecular formula is C42H37Cl5N12O14. The van der Waals surface area contributed by atoms with Crippen LogP contribution in [0.5, 0.6) is 23.3 Å². The maximum atomic E-state index is 12.7. The Bertz CT molecular complexity index is 3480. The first kappa shape index (κ1) is 57.7. The largest absolute Gasteiger partial charge is 0.510 e. The Hall–Kier alpha value is -7.85. The molecule has 0 atom stereocenters. The highest BCUT2D eigenvalue weighted by molar-refractivity contribution is 6.61. The number of aromatic amines is 2. The highest BCUT2D eigenvalue weighted by Gasteiger charge is 2.21. The maximum Gasteiger partial charge on any atom is 0.510 e. The molecule has 0 fully saturated rings. The number of aliphatic hydroxyl groups is 1. The van der Waals surface area contributed by atoms with Crippen LogP contribution in [0, 0.1) is 22.7 Å². The highest BCUT2D eigenvalue weighted by Crippen LogP contribution is 2.39. The van der Waals surface area contributed by atoms with Crippen molar-refractivity contribution in [3.8, 4) is 46.8 Å². The summed E-state index contributed by atoms with van der Waals surface area (Å²) in [5, 5.41) is 42.4. The molecule has 0 unspecified atom stereocenters.